The molecule has 1 atom stereocenters. The third-order valence-corrected chi connectivity index (χ3v) is 5.61. The van der Waals surface area contributed by atoms with E-state index in [2.05, 4.69) is 43.1 Å². The molecule has 0 saturated carbocycles. The first kappa shape index (κ1) is 19.2. The summed E-state index contributed by atoms with van der Waals surface area (Å²) < 4.78 is 0. The largest absolute Gasteiger partial charge is 0.395 e. The Kier molecular flexibility index (Phi) is 7.52. The number of nitrogens with one attached hydrogen (secondary N) is 1. The molecule has 2 rings (SSSR count). The Labute approximate surface area is 149 Å². The van der Waals surface area contributed by atoms with Crippen LogP contribution in [0.3, 0.4) is 0 Å². The first-order chi connectivity index (χ1) is 11.5. The molecule has 136 valence electrons. The zero-order valence-corrected chi connectivity index (χ0v) is 15.9. The summed E-state index contributed by atoms with van der Waals surface area (Å²) in [5, 5.41) is 12.3. The van der Waals surface area contributed by atoms with E-state index in [1.54, 1.807) is 16.2 Å². The molecule has 0 unspecified atom stereocenters. The van der Waals surface area contributed by atoms with Gasteiger partial charge in [0.1, 0.15) is 0 Å². The number of aliphatic hydroxyl groups excluding tert-OH is 1. The second-order valence-electron chi connectivity index (χ2n) is 6.94. The second kappa shape index (κ2) is 9.39. The molecule has 5 nitrogen and oxygen atoms in total. The van der Waals surface area contributed by atoms with Crippen LogP contribution in [-0.2, 0) is 6.54 Å². The van der Waals surface area contributed by atoms with E-state index in [4.69, 9.17) is 0 Å². The molecule has 0 radical (unpaired) electrons. The highest BCUT2D eigenvalue weighted by molar-refractivity contribution is 7.11. The van der Waals surface area contributed by atoms with Crippen LogP contribution in [0.2, 0.25) is 0 Å². The van der Waals surface area contributed by atoms with Crippen molar-refractivity contribution in [2.75, 3.05) is 32.8 Å². The topological polar surface area (TPSA) is 55.8 Å². The maximum Gasteiger partial charge on any atom is 0.317 e. The van der Waals surface area contributed by atoms with Gasteiger partial charge in [-0.1, -0.05) is 0 Å². The van der Waals surface area contributed by atoms with Gasteiger partial charge in [0.05, 0.1) is 13.2 Å². The lowest BCUT2D eigenvalue weighted by Crippen LogP contribution is -2.46. The number of urea groups is 1. The fourth-order valence-electron chi connectivity index (χ4n) is 3.21. The summed E-state index contributed by atoms with van der Waals surface area (Å²) in [7, 11) is 0. The summed E-state index contributed by atoms with van der Waals surface area (Å²) in [6.45, 7) is 10.4. The summed E-state index contributed by atoms with van der Waals surface area (Å²) >= 11 is 1.70. The van der Waals surface area contributed by atoms with Crippen molar-refractivity contribution in [3.05, 3.63) is 21.9 Å². The fourth-order valence-corrected chi connectivity index (χ4v) is 4.11. The van der Waals surface area contributed by atoms with Gasteiger partial charge in [-0.2, -0.15) is 0 Å². The number of hydrogen-bond acceptors (Lipinski definition) is 4. The van der Waals surface area contributed by atoms with Crippen molar-refractivity contribution < 1.29 is 9.90 Å². The molecule has 0 aromatic carbocycles. The van der Waals surface area contributed by atoms with E-state index in [-0.39, 0.29) is 12.6 Å². The van der Waals surface area contributed by atoms with Crippen LogP contribution in [-0.4, -0.2) is 59.8 Å². The van der Waals surface area contributed by atoms with E-state index < -0.39 is 0 Å². The lowest BCUT2D eigenvalue weighted by Gasteiger charge is -2.35. The maximum absolute atomic E-state index is 12.5. The molecule has 0 aliphatic carbocycles. The molecular weight excluding hydrogens is 322 g/mol. The molecule has 0 bridgehead atoms. The summed E-state index contributed by atoms with van der Waals surface area (Å²) in [5.74, 6) is 0.519. The number of rotatable bonds is 7. The van der Waals surface area contributed by atoms with E-state index >= 15 is 0 Å². The van der Waals surface area contributed by atoms with E-state index in [1.165, 1.54) is 17.7 Å². The quantitative estimate of drug-likeness (QED) is 0.792. The number of aliphatic hydroxyl groups is 1. The number of carbonyl (C=O) groups is 1. The van der Waals surface area contributed by atoms with E-state index in [0.29, 0.717) is 31.6 Å². The van der Waals surface area contributed by atoms with E-state index in [0.717, 1.165) is 18.0 Å². The minimum absolute atomic E-state index is 0.0116. The molecular formula is C18H31N3O2S. The van der Waals surface area contributed by atoms with Crippen LogP contribution in [0.1, 0.15) is 36.4 Å². The predicted molar refractivity (Wildman–Crippen MR) is 99.4 cm³/mol. The number of hydrogen-bond donors (Lipinski definition) is 2. The molecule has 2 N–H and O–H groups in total. The van der Waals surface area contributed by atoms with Gasteiger partial charge in [-0.05, 0) is 58.2 Å². The number of amides is 2. The van der Waals surface area contributed by atoms with Gasteiger partial charge in [-0.25, -0.2) is 4.79 Å². The van der Waals surface area contributed by atoms with Gasteiger partial charge in [0, 0.05) is 35.4 Å². The average Bonchev–Trinajstić information content (AvgIpc) is 2.97. The van der Waals surface area contributed by atoms with Crippen molar-refractivity contribution in [1.29, 1.82) is 0 Å². The van der Waals surface area contributed by atoms with Crippen LogP contribution in [0.15, 0.2) is 12.1 Å². The summed E-state index contributed by atoms with van der Waals surface area (Å²) in [6.07, 6.45) is 2.38. The molecule has 1 fully saturated rings. The third-order valence-electron chi connectivity index (χ3n) is 4.62. The van der Waals surface area contributed by atoms with Crippen molar-refractivity contribution in [3.8, 4) is 0 Å². The SMILES string of the molecule is Cc1ccc(CN(CCO)C(=O)NC[C@H]2CCCN(C(C)C)C2)s1. The Hall–Kier alpha value is -1.11. The molecule has 2 heterocycles. The highest BCUT2D eigenvalue weighted by Crippen LogP contribution is 2.19. The van der Waals surface area contributed by atoms with Gasteiger partial charge >= 0.3 is 6.03 Å². The summed E-state index contributed by atoms with van der Waals surface area (Å²) in [5.41, 5.74) is 0. The summed E-state index contributed by atoms with van der Waals surface area (Å²) in [4.78, 5) is 19.1. The van der Waals surface area contributed by atoms with Crippen molar-refractivity contribution >= 4 is 17.4 Å². The Morgan fingerprint density at radius 1 is 1.50 bits per heavy atom. The van der Waals surface area contributed by atoms with Crippen molar-refractivity contribution in [2.45, 2.75) is 46.2 Å². The Bertz CT molecular complexity index is 518. The standard InChI is InChI=1S/C18H31N3O2S/c1-14(2)20-8-4-5-16(12-20)11-19-18(23)21(9-10-22)13-17-7-6-15(3)24-17/h6-7,14,16,22H,4-5,8-13H2,1-3H3,(H,19,23)/t16-/m1/s1. The second-order valence-corrected chi connectivity index (χ2v) is 8.31. The number of likely N-dealkylation sites (tertiary alicyclic amines) is 1. The van der Waals surface area contributed by atoms with Crippen LogP contribution in [0, 0.1) is 12.8 Å². The molecule has 1 aliphatic rings. The van der Waals surface area contributed by atoms with Gasteiger partial charge < -0.3 is 20.2 Å². The van der Waals surface area contributed by atoms with Gasteiger partial charge in [0.25, 0.3) is 0 Å². The van der Waals surface area contributed by atoms with Crippen LogP contribution in [0.5, 0.6) is 0 Å². The number of carbonyl (C=O) groups excluding carboxylic acids is 1. The highest BCUT2D eigenvalue weighted by atomic mass is 32.1. The van der Waals surface area contributed by atoms with E-state index in [1.807, 2.05) is 0 Å². The molecule has 1 aromatic heterocycles. The molecule has 0 spiro atoms. The Morgan fingerprint density at radius 3 is 2.92 bits per heavy atom. The smallest absolute Gasteiger partial charge is 0.317 e. The van der Waals surface area contributed by atoms with E-state index in [9.17, 15) is 9.90 Å². The number of nitrogens with zero attached hydrogens (tertiary/aromatic N) is 2. The lowest BCUT2D eigenvalue weighted by molar-refractivity contribution is 0.135. The fraction of sp³-hybridized carbons (Fsp3) is 0.722. The molecule has 1 aliphatic heterocycles. The normalized spacial score (nSPS) is 18.8. The Balaban J connectivity index is 1.83. The number of aryl methyl sites for hydroxylation is 1. The maximum atomic E-state index is 12.5. The lowest BCUT2D eigenvalue weighted by atomic mass is 9.97. The monoisotopic (exact) mass is 353 g/mol. The predicted octanol–water partition coefficient (Wildman–Crippen LogP) is 2.68. The zero-order valence-electron chi connectivity index (χ0n) is 15.1. The number of piperidine rings is 1. The van der Waals surface area contributed by atoms with Gasteiger partial charge in [-0.3, -0.25) is 0 Å². The molecule has 6 heteroatoms. The van der Waals surface area contributed by atoms with Gasteiger partial charge in [-0.15, -0.1) is 11.3 Å². The minimum Gasteiger partial charge on any atom is -0.395 e. The number of thiophene rings is 1. The Morgan fingerprint density at radius 2 is 2.29 bits per heavy atom. The van der Waals surface area contributed by atoms with Crippen LogP contribution in [0.25, 0.3) is 0 Å². The van der Waals surface area contributed by atoms with Crippen LogP contribution < -0.4 is 5.32 Å². The molecule has 24 heavy (non-hydrogen) atoms. The third kappa shape index (κ3) is 5.76. The molecule has 1 saturated heterocycles. The van der Waals surface area contributed by atoms with Crippen molar-refractivity contribution in [1.82, 2.24) is 15.1 Å². The average molecular weight is 354 g/mol. The molecule has 2 amide bonds. The van der Waals surface area contributed by atoms with Crippen molar-refractivity contribution in [3.63, 3.8) is 0 Å². The first-order valence-electron chi connectivity index (χ1n) is 8.92. The summed E-state index contributed by atoms with van der Waals surface area (Å²) in [6, 6.07) is 4.62. The van der Waals surface area contributed by atoms with Crippen LogP contribution >= 0.6 is 11.3 Å². The first-order valence-corrected chi connectivity index (χ1v) is 9.74. The van der Waals surface area contributed by atoms with Crippen molar-refractivity contribution in [2.24, 2.45) is 5.92 Å². The molecule has 1 aromatic rings. The van der Waals surface area contributed by atoms with Gasteiger partial charge in [0.2, 0.25) is 0 Å². The highest BCUT2D eigenvalue weighted by Gasteiger charge is 2.23. The van der Waals surface area contributed by atoms with Gasteiger partial charge in [0.15, 0.2) is 0 Å². The zero-order chi connectivity index (χ0) is 17.5. The van der Waals surface area contributed by atoms with Crippen LogP contribution in [0.4, 0.5) is 4.79 Å². The minimum atomic E-state index is -0.0724.